The molecule has 3 aliphatic rings. The van der Waals surface area contributed by atoms with Gasteiger partial charge in [0.15, 0.2) is 0 Å². The minimum absolute atomic E-state index is 0.0219. The first kappa shape index (κ1) is 16.6. The Morgan fingerprint density at radius 3 is 2.88 bits per heavy atom. The number of hydrogen-bond acceptors (Lipinski definition) is 5. The summed E-state index contributed by atoms with van der Waals surface area (Å²) in [4.78, 5) is 0. The maximum absolute atomic E-state index is 10.9. The monoisotopic (exact) mass is 336 g/mol. The van der Waals surface area contributed by atoms with Gasteiger partial charge in [-0.3, -0.25) is 0 Å². The predicted molar refractivity (Wildman–Crippen MR) is 87.1 cm³/mol. The first-order chi connectivity index (χ1) is 11.5. The zero-order valence-corrected chi connectivity index (χ0v) is 14.2. The van der Waals surface area contributed by atoms with Crippen molar-refractivity contribution in [1.82, 2.24) is 0 Å². The highest BCUT2D eigenvalue weighted by Crippen LogP contribution is 2.65. The molecule has 1 spiro atoms. The van der Waals surface area contributed by atoms with E-state index in [1.54, 1.807) is 12.5 Å². The molecular weight excluding hydrogens is 308 g/mol. The van der Waals surface area contributed by atoms with Crippen molar-refractivity contribution in [2.75, 3.05) is 13.2 Å². The van der Waals surface area contributed by atoms with Crippen LogP contribution in [0.1, 0.15) is 50.7 Å². The lowest BCUT2D eigenvalue weighted by atomic mass is 9.44. The van der Waals surface area contributed by atoms with Crippen LogP contribution in [0.4, 0.5) is 0 Å². The second-order valence-corrected chi connectivity index (χ2v) is 8.18. The molecule has 5 heteroatoms. The summed E-state index contributed by atoms with van der Waals surface area (Å²) < 4.78 is 11.0. The first-order valence-electron chi connectivity index (χ1n) is 9.17. The van der Waals surface area contributed by atoms with Crippen LogP contribution >= 0.6 is 0 Å². The van der Waals surface area contributed by atoms with E-state index in [1.165, 1.54) is 0 Å². The maximum Gasteiger partial charge on any atom is 0.102 e. The molecule has 7 atom stereocenters. The van der Waals surface area contributed by atoms with Crippen molar-refractivity contribution in [3.63, 3.8) is 0 Å². The highest BCUT2D eigenvalue weighted by Gasteiger charge is 2.71. The zero-order chi connectivity index (χ0) is 16.9. The van der Waals surface area contributed by atoms with Crippen molar-refractivity contribution in [3.05, 3.63) is 24.2 Å². The van der Waals surface area contributed by atoms with Crippen LogP contribution in [-0.2, 0) is 4.74 Å². The Bertz CT molecular complexity index is 568. The lowest BCUT2D eigenvalue weighted by molar-refractivity contribution is -0.367. The van der Waals surface area contributed by atoms with Crippen LogP contribution in [0.2, 0.25) is 0 Å². The standard InChI is InChI=1S/C19H28O5/c1-12-7-17(22)19-11-24-18(19,10-20)5-2-3-15(19)14(12)8-16(21)13-4-6-23-9-13/h4,6,9,12,14-17,20-22H,2-3,5,7-8,10-11H2,1H3/t12-,14+,15-,16+,17+,18+,19+/m1/s1. The molecule has 0 amide bonds. The van der Waals surface area contributed by atoms with Gasteiger partial charge in [-0.2, -0.15) is 0 Å². The molecule has 0 bridgehead atoms. The quantitative estimate of drug-likeness (QED) is 0.786. The van der Waals surface area contributed by atoms with Crippen LogP contribution in [0.25, 0.3) is 0 Å². The van der Waals surface area contributed by atoms with E-state index in [2.05, 4.69) is 6.92 Å². The topological polar surface area (TPSA) is 83.1 Å². The van der Waals surface area contributed by atoms with Crippen molar-refractivity contribution < 1.29 is 24.5 Å². The summed E-state index contributed by atoms with van der Waals surface area (Å²) in [7, 11) is 0. The molecular formula is C19H28O5. The Kier molecular flexibility index (Phi) is 4.03. The number of aliphatic hydroxyl groups is 3. The maximum atomic E-state index is 10.9. The Morgan fingerprint density at radius 1 is 1.42 bits per heavy atom. The van der Waals surface area contributed by atoms with Crippen LogP contribution in [0.5, 0.6) is 0 Å². The average molecular weight is 336 g/mol. The van der Waals surface area contributed by atoms with E-state index in [0.29, 0.717) is 31.3 Å². The number of rotatable bonds is 4. The van der Waals surface area contributed by atoms with Gasteiger partial charge in [0, 0.05) is 5.56 Å². The Labute approximate surface area is 142 Å². The fourth-order valence-corrected chi connectivity index (χ4v) is 5.96. The van der Waals surface area contributed by atoms with Gasteiger partial charge < -0.3 is 24.5 Å². The van der Waals surface area contributed by atoms with Crippen LogP contribution in [-0.4, -0.2) is 40.2 Å². The molecule has 2 heterocycles. The van der Waals surface area contributed by atoms with Gasteiger partial charge in [-0.05, 0) is 49.5 Å². The molecule has 2 aliphatic carbocycles. The average Bonchev–Trinajstić information content (AvgIpc) is 3.07. The van der Waals surface area contributed by atoms with Crippen LogP contribution in [0, 0.1) is 23.2 Å². The first-order valence-corrected chi connectivity index (χ1v) is 9.17. The van der Waals surface area contributed by atoms with E-state index in [9.17, 15) is 15.3 Å². The summed E-state index contributed by atoms with van der Waals surface area (Å²) in [5.74, 6) is 0.938. The van der Waals surface area contributed by atoms with Gasteiger partial charge in [0.05, 0.1) is 43.4 Å². The van der Waals surface area contributed by atoms with Gasteiger partial charge in [-0.15, -0.1) is 0 Å². The van der Waals surface area contributed by atoms with Crippen molar-refractivity contribution in [2.45, 2.75) is 56.8 Å². The van der Waals surface area contributed by atoms with Gasteiger partial charge in [0.1, 0.15) is 5.60 Å². The second kappa shape index (κ2) is 5.84. The minimum atomic E-state index is -0.575. The Balaban J connectivity index is 1.63. The summed E-state index contributed by atoms with van der Waals surface area (Å²) in [5, 5.41) is 31.6. The van der Waals surface area contributed by atoms with E-state index in [0.717, 1.165) is 24.8 Å². The lowest BCUT2D eigenvalue weighted by Crippen LogP contribution is -2.77. The second-order valence-electron chi connectivity index (χ2n) is 8.18. The molecule has 2 saturated carbocycles. The van der Waals surface area contributed by atoms with Crippen molar-refractivity contribution in [3.8, 4) is 0 Å². The van der Waals surface area contributed by atoms with Crippen molar-refractivity contribution in [2.24, 2.45) is 23.2 Å². The zero-order valence-electron chi connectivity index (χ0n) is 14.2. The van der Waals surface area contributed by atoms with E-state index < -0.39 is 17.8 Å². The van der Waals surface area contributed by atoms with Gasteiger partial charge >= 0.3 is 0 Å². The molecule has 134 valence electrons. The minimum Gasteiger partial charge on any atom is -0.472 e. The largest absolute Gasteiger partial charge is 0.472 e. The van der Waals surface area contributed by atoms with Crippen molar-refractivity contribution >= 4 is 0 Å². The highest BCUT2D eigenvalue weighted by atomic mass is 16.5. The van der Waals surface area contributed by atoms with Crippen LogP contribution < -0.4 is 0 Å². The van der Waals surface area contributed by atoms with Crippen molar-refractivity contribution in [1.29, 1.82) is 0 Å². The van der Waals surface area contributed by atoms with E-state index in [4.69, 9.17) is 9.15 Å². The van der Waals surface area contributed by atoms with Gasteiger partial charge in [0.2, 0.25) is 0 Å². The van der Waals surface area contributed by atoms with Gasteiger partial charge in [0.25, 0.3) is 0 Å². The van der Waals surface area contributed by atoms with Crippen LogP contribution in [0.3, 0.4) is 0 Å². The lowest BCUT2D eigenvalue weighted by Gasteiger charge is -2.69. The molecule has 0 radical (unpaired) electrons. The molecule has 4 rings (SSSR count). The molecule has 1 saturated heterocycles. The summed E-state index contributed by atoms with van der Waals surface area (Å²) >= 11 is 0. The molecule has 1 aliphatic heterocycles. The Hall–Kier alpha value is -0.880. The molecule has 5 nitrogen and oxygen atoms in total. The molecule has 1 aromatic rings. The third kappa shape index (κ3) is 2.08. The number of hydrogen-bond donors (Lipinski definition) is 3. The fourth-order valence-electron chi connectivity index (χ4n) is 5.96. The molecule has 3 N–H and O–H groups in total. The SMILES string of the molecule is C[C@@H]1C[C@H](O)[C@@]23CO[C@]2(CO)CCC[C@@H]3[C@H]1C[C@H](O)c1ccoc1. The number of furan rings is 1. The highest BCUT2D eigenvalue weighted by molar-refractivity contribution is 5.19. The summed E-state index contributed by atoms with van der Waals surface area (Å²) in [5.41, 5.74) is -0.0989. The van der Waals surface area contributed by atoms with E-state index in [1.807, 2.05) is 6.07 Å². The van der Waals surface area contributed by atoms with Gasteiger partial charge in [-0.25, -0.2) is 0 Å². The molecule has 0 unspecified atom stereocenters. The smallest absolute Gasteiger partial charge is 0.102 e. The summed E-state index contributed by atoms with van der Waals surface area (Å²) in [6.45, 7) is 2.69. The summed E-state index contributed by atoms with van der Waals surface area (Å²) in [6, 6.07) is 1.81. The van der Waals surface area contributed by atoms with Gasteiger partial charge in [-0.1, -0.05) is 13.3 Å². The van der Waals surface area contributed by atoms with Crippen LogP contribution in [0.15, 0.2) is 23.0 Å². The predicted octanol–water partition coefficient (Wildman–Crippen LogP) is 2.27. The van der Waals surface area contributed by atoms with E-state index in [-0.39, 0.29) is 17.9 Å². The third-order valence-corrected chi connectivity index (χ3v) is 7.31. The Morgan fingerprint density at radius 2 is 2.25 bits per heavy atom. The fraction of sp³-hybridized carbons (Fsp3) is 0.789. The molecule has 3 fully saturated rings. The number of ether oxygens (including phenoxy) is 1. The molecule has 1 aromatic heterocycles. The number of aliphatic hydroxyl groups excluding tert-OH is 3. The normalized spacial score (nSPS) is 45.8. The molecule has 0 aromatic carbocycles. The molecule has 24 heavy (non-hydrogen) atoms. The summed E-state index contributed by atoms with van der Waals surface area (Å²) in [6.07, 6.45) is 6.46. The van der Waals surface area contributed by atoms with E-state index >= 15 is 0 Å². The third-order valence-electron chi connectivity index (χ3n) is 7.31.